The summed E-state index contributed by atoms with van der Waals surface area (Å²) in [6, 6.07) is 10.1. The number of ether oxygens (including phenoxy) is 1. The second kappa shape index (κ2) is 6.34. The van der Waals surface area contributed by atoms with Gasteiger partial charge >= 0.3 is 0 Å². The zero-order valence-corrected chi connectivity index (χ0v) is 12.1. The SMILES string of the molecule is CCN(c1ccc(C)cc1)c1cc(N)nc(COC)n1. The maximum absolute atomic E-state index is 5.85. The number of nitrogen functional groups attached to an aromatic ring is 1. The molecule has 2 N–H and O–H groups in total. The average Bonchev–Trinajstić information content (AvgIpc) is 2.41. The van der Waals surface area contributed by atoms with E-state index in [-0.39, 0.29) is 0 Å². The highest BCUT2D eigenvalue weighted by Crippen LogP contribution is 2.24. The molecule has 1 heterocycles. The first kappa shape index (κ1) is 14.3. The van der Waals surface area contributed by atoms with Crippen molar-refractivity contribution in [1.82, 2.24) is 9.97 Å². The van der Waals surface area contributed by atoms with E-state index in [1.807, 2.05) is 0 Å². The maximum atomic E-state index is 5.85. The molecule has 0 unspecified atom stereocenters. The fraction of sp³-hybridized carbons (Fsp3) is 0.333. The van der Waals surface area contributed by atoms with Crippen LogP contribution in [0.15, 0.2) is 30.3 Å². The Bertz CT molecular complexity index is 569. The lowest BCUT2D eigenvalue weighted by Crippen LogP contribution is -2.19. The van der Waals surface area contributed by atoms with E-state index in [2.05, 4.69) is 53.0 Å². The molecule has 0 aliphatic rings. The predicted molar refractivity (Wildman–Crippen MR) is 81.0 cm³/mol. The van der Waals surface area contributed by atoms with Crippen LogP contribution >= 0.6 is 0 Å². The molecule has 0 saturated heterocycles. The average molecular weight is 272 g/mol. The predicted octanol–water partition coefficient (Wildman–Crippen LogP) is 2.67. The molecule has 0 spiro atoms. The number of hydrogen-bond acceptors (Lipinski definition) is 5. The number of nitrogens with zero attached hydrogens (tertiary/aromatic N) is 3. The van der Waals surface area contributed by atoms with Crippen LogP contribution in [0.3, 0.4) is 0 Å². The largest absolute Gasteiger partial charge is 0.384 e. The van der Waals surface area contributed by atoms with Crippen molar-refractivity contribution in [3.63, 3.8) is 0 Å². The number of anilines is 3. The van der Waals surface area contributed by atoms with E-state index in [9.17, 15) is 0 Å². The van der Waals surface area contributed by atoms with E-state index in [1.165, 1.54) is 5.56 Å². The number of rotatable bonds is 5. The Labute approximate surface area is 119 Å². The van der Waals surface area contributed by atoms with E-state index < -0.39 is 0 Å². The van der Waals surface area contributed by atoms with Gasteiger partial charge in [0.05, 0.1) is 0 Å². The Kier molecular flexibility index (Phi) is 4.53. The number of aryl methyl sites for hydroxylation is 1. The summed E-state index contributed by atoms with van der Waals surface area (Å²) in [5.41, 5.74) is 8.16. The molecule has 0 aliphatic heterocycles. The van der Waals surface area contributed by atoms with Gasteiger partial charge in [0.2, 0.25) is 0 Å². The van der Waals surface area contributed by atoms with Gasteiger partial charge in [-0.2, -0.15) is 0 Å². The van der Waals surface area contributed by atoms with Crippen molar-refractivity contribution in [3.05, 3.63) is 41.7 Å². The van der Waals surface area contributed by atoms with Gasteiger partial charge in [-0.15, -0.1) is 0 Å². The number of hydrogen-bond donors (Lipinski definition) is 1. The summed E-state index contributed by atoms with van der Waals surface area (Å²) in [5, 5.41) is 0. The maximum Gasteiger partial charge on any atom is 0.158 e. The highest BCUT2D eigenvalue weighted by molar-refractivity contribution is 5.62. The van der Waals surface area contributed by atoms with Gasteiger partial charge in [0.15, 0.2) is 5.82 Å². The summed E-state index contributed by atoms with van der Waals surface area (Å²) in [6.07, 6.45) is 0. The van der Waals surface area contributed by atoms with E-state index in [0.717, 1.165) is 18.1 Å². The van der Waals surface area contributed by atoms with Crippen molar-refractivity contribution in [3.8, 4) is 0 Å². The zero-order valence-electron chi connectivity index (χ0n) is 12.1. The Morgan fingerprint density at radius 3 is 2.50 bits per heavy atom. The standard InChI is InChI=1S/C15H20N4O/c1-4-19(12-7-5-11(2)6-8-12)15-9-13(16)17-14(18-15)10-20-3/h5-9H,4,10H2,1-3H3,(H2,16,17,18). The number of nitrogens with two attached hydrogens (primary N) is 1. The van der Waals surface area contributed by atoms with Crippen LogP contribution < -0.4 is 10.6 Å². The van der Waals surface area contributed by atoms with E-state index >= 15 is 0 Å². The van der Waals surface area contributed by atoms with Crippen LogP contribution in [0.1, 0.15) is 18.3 Å². The molecule has 0 saturated carbocycles. The Balaban J connectivity index is 2.38. The van der Waals surface area contributed by atoms with Crippen LogP contribution in [0.5, 0.6) is 0 Å². The van der Waals surface area contributed by atoms with Crippen molar-refractivity contribution in [2.45, 2.75) is 20.5 Å². The lowest BCUT2D eigenvalue weighted by molar-refractivity contribution is 0.178. The van der Waals surface area contributed by atoms with E-state index in [0.29, 0.717) is 18.2 Å². The van der Waals surface area contributed by atoms with Crippen molar-refractivity contribution in [2.75, 3.05) is 24.3 Å². The van der Waals surface area contributed by atoms with E-state index in [1.54, 1.807) is 13.2 Å². The highest BCUT2D eigenvalue weighted by atomic mass is 16.5. The molecule has 0 radical (unpaired) electrons. The number of methoxy groups -OCH3 is 1. The van der Waals surface area contributed by atoms with Crippen LogP contribution in [0, 0.1) is 6.92 Å². The van der Waals surface area contributed by atoms with E-state index in [4.69, 9.17) is 10.5 Å². The molecule has 106 valence electrons. The minimum atomic E-state index is 0.351. The Hall–Kier alpha value is -2.14. The van der Waals surface area contributed by atoms with Crippen LogP contribution in [0.25, 0.3) is 0 Å². The fourth-order valence-corrected chi connectivity index (χ4v) is 2.04. The zero-order chi connectivity index (χ0) is 14.5. The van der Waals surface area contributed by atoms with Gasteiger partial charge in [-0.3, -0.25) is 0 Å². The summed E-state index contributed by atoms with van der Waals surface area (Å²) < 4.78 is 5.07. The van der Waals surface area contributed by atoms with Gasteiger partial charge in [-0.1, -0.05) is 17.7 Å². The second-order valence-corrected chi connectivity index (χ2v) is 4.58. The van der Waals surface area contributed by atoms with Gasteiger partial charge in [0.1, 0.15) is 18.2 Å². The topological polar surface area (TPSA) is 64.3 Å². The molecule has 1 aromatic carbocycles. The highest BCUT2D eigenvalue weighted by Gasteiger charge is 2.11. The summed E-state index contributed by atoms with van der Waals surface area (Å²) in [7, 11) is 1.61. The van der Waals surface area contributed by atoms with Gasteiger partial charge in [0, 0.05) is 25.4 Å². The number of aromatic nitrogens is 2. The van der Waals surface area contributed by atoms with Crippen LogP contribution in [0.4, 0.5) is 17.3 Å². The van der Waals surface area contributed by atoms with Crippen molar-refractivity contribution in [2.24, 2.45) is 0 Å². The van der Waals surface area contributed by atoms with Crippen LogP contribution in [-0.4, -0.2) is 23.6 Å². The van der Waals surface area contributed by atoms with Crippen molar-refractivity contribution < 1.29 is 4.74 Å². The fourth-order valence-electron chi connectivity index (χ4n) is 2.04. The molecular weight excluding hydrogens is 252 g/mol. The lowest BCUT2D eigenvalue weighted by atomic mass is 10.2. The normalized spacial score (nSPS) is 10.6. The summed E-state index contributed by atoms with van der Waals surface area (Å²) in [4.78, 5) is 10.8. The molecule has 20 heavy (non-hydrogen) atoms. The Morgan fingerprint density at radius 2 is 1.90 bits per heavy atom. The third-order valence-electron chi connectivity index (χ3n) is 2.99. The van der Waals surface area contributed by atoms with Gasteiger partial charge in [-0.25, -0.2) is 9.97 Å². The third-order valence-corrected chi connectivity index (χ3v) is 2.99. The molecule has 2 rings (SSSR count). The molecular formula is C15H20N4O. The molecule has 0 aliphatic carbocycles. The smallest absolute Gasteiger partial charge is 0.158 e. The first-order chi connectivity index (χ1) is 9.63. The van der Waals surface area contributed by atoms with Gasteiger partial charge in [-0.05, 0) is 26.0 Å². The minimum Gasteiger partial charge on any atom is -0.384 e. The first-order valence-corrected chi connectivity index (χ1v) is 6.60. The molecule has 5 nitrogen and oxygen atoms in total. The molecule has 0 amide bonds. The quantitative estimate of drug-likeness (QED) is 0.906. The molecule has 0 atom stereocenters. The van der Waals surface area contributed by atoms with Gasteiger partial charge < -0.3 is 15.4 Å². The molecule has 5 heteroatoms. The van der Waals surface area contributed by atoms with Crippen LogP contribution in [-0.2, 0) is 11.3 Å². The van der Waals surface area contributed by atoms with Gasteiger partial charge in [0.25, 0.3) is 0 Å². The molecule has 0 bridgehead atoms. The van der Waals surface area contributed by atoms with Crippen molar-refractivity contribution >= 4 is 17.3 Å². The second-order valence-electron chi connectivity index (χ2n) is 4.58. The number of benzene rings is 1. The third kappa shape index (κ3) is 3.24. The van der Waals surface area contributed by atoms with Crippen LogP contribution in [0.2, 0.25) is 0 Å². The lowest BCUT2D eigenvalue weighted by Gasteiger charge is -2.23. The summed E-state index contributed by atoms with van der Waals surface area (Å²) >= 11 is 0. The Morgan fingerprint density at radius 1 is 1.20 bits per heavy atom. The minimum absolute atomic E-state index is 0.351. The molecule has 1 aromatic heterocycles. The summed E-state index contributed by atoms with van der Waals surface area (Å²) in [5.74, 6) is 1.83. The first-order valence-electron chi connectivity index (χ1n) is 6.60. The molecule has 0 fully saturated rings. The van der Waals surface area contributed by atoms with Crippen molar-refractivity contribution in [1.29, 1.82) is 0 Å². The monoisotopic (exact) mass is 272 g/mol. The molecule has 2 aromatic rings. The summed E-state index contributed by atoms with van der Waals surface area (Å²) in [6.45, 7) is 5.29.